The highest BCUT2D eigenvalue weighted by atomic mass is 32.1. The number of methoxy groups -OCH3 is 1. The Morgan fingerprint density at radius 3 is 2.61 bits per heavy atom. The molecule has 10 heteroatoms. The molecular weight excluding hydrogens is 452 g/mol. The van der Waals surface area contributed by atoms with E-state index in [1.54, 1.807) is 23.2 Å². The van der Waals surface area contributed by atoms with Crippen LogP contribution >= 0.6 is 34.9 Å². The Bertz CT molecular complexity index is 994. The first-order valence-corrected chi connectivity index (χ1v) is 12.4. The van der Waals surface area contributed by atoms with Gasteiger partial charge in [0.15, 0.2) is 10.2 Å². The van der Waals surface area contributed by atoms with E-state index in [4.69, 9.17) is 17.0 Å². The molecule has 1 amide bonds. The van der Waals surface area contributed by atoms with Gasteiger partial charge in [0.2, 0.25) is 0 Å². The van der Waals surface area contributed by atoms with Crippen molar-refractivity contribution in [3.05, 3.63) is 26.6 Å². The van der Waals surface area contributed by atoms with Crippen molar-refractivity contribution in [2.24, 2.45) is 5.92 Å². The predicted octanol–water partition coefficient (Wildman–Crippen LogP) is 4.72. The summed E-state index contributed by atoms with van der Waals surface area (Å²) in [6, 6.07) is 0. The zero-order valence-corrected chi connectivity index (χ0v) is 20.9. The number of esters is 1. The van der Waals surface area contributed by atoms with Crippen molar-refractivity contribution in [3.8, 4) is 0 Å². The van der Waals surface area contributed by atoms with Crippen LogP contribution in [0, 0.1) is 12.8 Å². The van der Waals surface area contributed by atoms with Crippen molar-refractivity contribution < 1.29 is 14.3 Å². The van der Waals surface area contributed by atoms with Gasteiger partial charge in [-0.1, -0.05) is 6.92 Å². The number of thiophene rings is 1. The summed E-state index contributed by atoms with van der Waals surface area (Å²) in [7, 11) is 1.33. The molecule has 2 heterocycles. The average Bonchev–Trinajstić information content (AvgIpc) is 3.27. The molecule has 0 aliphatic heterocycles. The summed E-state index contributed by atoms with van der Waals surface area (Å²) in [5, 5.41) is 7.78. The van der Waals surface area contributed by atoms with Gasteiger partial charge in [-0.3, -0.25) is 4.79 Å². The number of amides is 1. The topological polar surface area (TPSA) is 83.6 Å². The number of anilines is 2. The van der Waals surface area contributed by atoms with Gasteiger partial charge in [-0.2, -0.15) is 0 Å². The zero-order valence-electron chi connectivity index (χ0n) is 18.5. The van der Waals surface area contributed by atoms with Gasteiger partial charge < -0.3 is 20.3 Å². The van der Waals surface area contributed by atoms with Gasteiger partial charge in [0.1, 0.15) is 5.00 Å². The molecule has 1 aliphatic rings. The van der Waals surface area contributed by atoms with E-state index in [-0.39, 0.29) is 5.91 Å². The van der Waals surface area contributed by atoms with Crippen molar-refractivity contribution in [1.29, 1.82) is 0 Å². The number of nitrogens with zero attached hydrogens (tertiary/aromatic N) is 2. The molecule has 1 atom stereocenters. The number of aryl methyl sites for hydroxylation is 1. The number of fused-ring (bicyclic) bond motifs is 1. The van der Waals surface area contributed by atoms with Gasteiger partial charge in [0, 0.05) is 18.0 Å². The minimum atomic E-state index is -0.503. The van der Waals surface area contributed by atoms with E-state index in [2.05, 4.69) is 22.5 Å². The van der Waals surface area contributed by atoms with Crippen LogP contribution in [0.2, 0.25) is 0 Å². The molecule has 7 nitrogen and oxygen atoms in total. The lowest BCUT2D eigenvalue weighted by molar-refractivity contribution is 0.0601. The standard InChI is InChI=1S/C21H28N4O3S3/c1-6-25(7-2)18(26)16-12(4)15(19(27)28-5)17(31-16)23-20(29)24-21-22-13-9-8-11(3)10-14(13)30-21/h11H,6-10H2,1-5H3,(H2,22,23,24,29)/t11-/m1/s1. The highest BCUT2D eigenvalue weighted by molar-refractivity contribution is 7.80. The van der Waals surface area contributed by atoms with Crippen LogP contribution in [0.4, 0.5) is 10.1 Å². The minimum absolute atomic E-state index is 0.105. The summed E-state index contributed by atoms with van der Waals surface area (Å²) in [4.78, 5) is 33.6. The first-order chi connectivity index (χ1) is 14.8. The second-order valence-corrected chi connectivity index (χ2v) is 10.1. The maximum absolute atomic E-state index is 12.9. The molecule has 0 radical (unpaired) electrons. The summed E-state index contributed by atoms with van der Waals surface area (Å²) >= 11 is 8.32. The summed E-state index contributed by atoms with van der Waals surface area (Å²) < 4.78 is 4.96. The maximum atomic E-state index is 12.9. The number of hydrogen-bond acceptors (Lipinski definition) is 7. The highest BCUT2D eigenvalue weighted by Crippen LogP contribution is 2.35. The number of hydrogen-bond donors (Lipinski definition) is 2. The van der Waals surface area contributed by atoms with Gasteiger partial charge in [0.05, 0.1) is 23.2 Å². The third-order valence-electron chi connectivity index (χ3n) is 5.41. The van der Waals surface area contributed by atoms with Crippen molar-refractivity contribution in [2.45, 2.75) is 47.0 Å². The molecule has 0 unspecified atom stereocenters. The fourth-order valence-corrected chi connectivity index (χ4v) is 6.30. The fraction of sp³-hybridized carbons (Fsp3) is 0.524. The largest absolute Gasteiger partial charge is 0.465 e. The molecule has 0 saturated carbocycles. The Hall–Kier alpha value is -2.04. The Labute approximate surface area is 196 Å². The van der Waals surface area contributed by atoms with Crippen LogP contribution < -0.4 is 10.6 Å². The van der Waals surface area contributed by atoms with E-state index < -0.39 is 5.97 Å². The molecule has 2 aromatic heterocycles. The Morgan fingerprint density at radius 1 is 1.26 bits per heavy atom. The first kappa shape index (κ1) is 23.6. The van der Waals surface area contributed by atoms with E-state index in [9.17, 15) is 9.59 Å². The van der Waals surface area contributed by atoms with Crippen LogP contribution in [0.25, 0.3) is 0 Å². The number of nitrogens with one attached hydrogen (secondary N) is 2. The molecule has 0 fully saturated rings. The Balaban J connectivity index is 1.83. The lowest BCUT2D eigenvalue weighted by Gasteiger charge is -2.17. The van der Waals surface area contributed by atoms with Crippen molar-refractivity contribution in [3.63, 3.8) is 0 Å². The van der Waals surface area contributed by atoms with E-state index in [1.807, 2.05) is 13.8 Å². The number of thiazole rings is 1. The molecule has 31 heavy (non-hydrogen) atoms. The van der Waals surface area contributed by atoms with E-state index >= 15 is 0 Å². The molecule has 0 spiro atoms. The second-order valence-electron chi connectivity index (χ2n) is 7.55. The smallest absolute Gasteiger partial charge is 0.341 e. The van der Waals surface area contributed by atoms with Gasteiger partial charge in [-0.25, -0.2) is 9.78 Å². The molecule has 1 aliphatic carbocycles. The first-order valence-electron chi connectivity index (χ1n) is 10.4. The fourth-order valence-electron chi connectivity index (χ4n) is 3.63. The van der Waals surface area contributed by atoms with Gasteiger partial charge in [0.25, 0.3) is 5.91 Å². The van der Waals surface area contributed by atoms with Crippen LogP contribution in [-0.4, -0.2) is 47.1 Å². The third kappa shape index (κ3) is 5.07. The Morgan fingerprint density at radius 2 is 1.97 bits per heavy atom. The number of ether oxygens (including phenoxy) is 1. The number of carbonyl (C=O) groups is 2. The second kappa shape index (κ2) is 10.1. The lowest BCUT2D eigenvalue weighted by atomic mass is 9.93. The summed E-state index contributed by atoms with van der Waals surface area (Å²) in [5.74, 6) is 0.0620. The van der Waals surface area contributed by atoms with Crippen LogP contribution in [0.3, 0.4) is 0 Å². The molecule has 0 bridgehead atoms. The van der Waals surface area contributed by atoms with E-state index in [0.29, 0.717) is 45.1 Å². The SMILES string of the molecule is CCN(CC)C(=O)c1sc(NC(=S)Nc2nc3c(s2)C[C@H](C)CC3)c(C(=O)OC)c1C. The van der Waals surface area contributed by atoms with Crippen molar-refractivity contribution >= 4 is 62.0 Å². The van der Waals surface area contributed by atoms with Gasteiger partial charge >= 0.3 is 5.97 Å². The molecule has 2 N–H and O–H groups in total. The minimum Gasteiger partial charge on any atom is -0.465 e. The monoisotopic (exact) mass is 480 g/mol. The highest BCUT2D eigenvalue weighted by Gasteiger charge is 2.28. The maximum Gasteiger partial charge on any atom is 0.341 e. The number of thiocarbonyl (C=S) groups is 1. The number of carbonyl (C=O) groups excluding carboxylic acids is 2. The number of rotatable bonds is 6. The summed E-state index contributed by atoms with van der Waals surface area (Å²) in [5.41, 5.74) is 2.07. The predicted molar refractivity (Wildman–Crippen MR) is 131 cm³/mol. The van der Waals surface area contributed by atoms with Crippen LogP contribution in [-0.2, 0) is 17.6 Å². The average molecular weight is 481 g/mol. The summed E-state index contributed by atoms with van der Waals surface area (Å²) in [6.45, 7) is 9.06. The van der Waals surface area contributed by atoms with Crippen molar-refractivity contribution in [2.75, 3.05) is 30.8 Å². The van der Waals surface area contributed by atoms with Gasteiger partial charge in [-0.15, -0.1) is 22.7 Å². The molecule has 0 aromatic carbocycles. The lowest BCUT2D eigenvalue weighted by Crippen LogP contribution is -2.30. The number of aromatic nitrogens is 1. The Kier molecular flexibility index (Phi) is 7.66. The van der Waals surface area contributed by atoms with E-state index in [1.165, 1.54) is 23.3 Å². The third-order valence-corrected chi connectivity index (χ3v) is 7.85. The zero-order chi connectivity index (χ0) is 22.7. The van der Waals surface area contributed by atoms with Crippen LogP contribution in [0.15, 0.2) is 0 Å². The summed E-state index contributed by atoms with van der Waals surface area (Å²) in [6.07, 6.45) is 3.18. The van der Waals surface area contributed by atoms with E-state index in [0.717, 1.165) is 30.1 Å². The molecule has 0 saturated heterocycles. The quantitative estimate of drug-likeness (QED) is 0.457. The van der Waals surface area contributed by atoms with Crippen molar-refractivity contribution in [1.82, 2.24) is 9.88 Å². The molecule has 3 rings (SSSR count). The molecule has 168 valence electrons. The van der Waals surface area contributed by atoms with Gasteiger partial charge in [-0.05, 0) is 63.7 Å². The molecule has 2 aromatic rings. The normalized spacial score (nSPS) is 15.2. The molecular formula is C21H28N4O3S3. The van der Waals surface area contributed by atoms with Crippen LogP contribution in [0.5, 0.6) is 0 Å². The van der Waals surface area contributed by atoms with Crippen LogP contribution in [0.1, 0.15) is 63.4 Å².